The van der Waals surface area contributed by atoms with Crippen molar-refractivity contribution >= 4 is 11.6 Å². The standard InChI is InChI=1S/C6H11NO2/c1-5(8)3-7-4-6(2)9/h7H,3-4H2,1-2H3. The Morgan fingerprint density at radius 2 is 1.44 bits per heavy atom. The summed E-state index contributed by atoms with van der Waals surface area (Å²) in [6.07, 6.45) is 0. The fourth-order valence-corrected chi connectivity index (χ4v) is 0.415. The van der Waals surface area contributed by atoms with Crippen LogP contribution < -0.4 is 5.32 Å². The molecule has 0 bridgehead atoms. The van der Waals surface area contributed by atoms with Gasteiger partial charge in [0.1, 0.15) is 11.6 Å². The van der Waals surface area contributed by atoms with Gasteiger partial charge in [0, 0.05) is 0 Å². The third-order valence-electron chi connectivity index (χ3n) is 0.748. The maximum Gasteiger partial charge on any atom is 0.143 e. The molecule has 0 radical (unpaired) electrons. The van der Waals surface area contributed by atoms with E-state index in [-0.39, 0.29) is 11.6 Å². The van der Waals surface area contributed by atoms with Crippen molar-refractivity contribution in [2.24, 2.45) is 0 Å². The summed E-state index contributed by atoms with van der Waals surface area (Å²) in [5, 5.41) is 2.69. The van der Waals surface area contributed by atoms with Gasteiger partial charge in [0.05, 0.1) is 13.1 Å². The lowest BCUT2D eigenvalue weighted by Gasteiger charge is -1.95. The summed E-state index contributed by atoms with van der Waals surface area (Å²) in [5.74, 6) is 0.104. The molecule has 0 aliphatic carbocycles. The first kappa shape index (κ1) is 8.30. The smallest absolute Gasteiger partial charge is 0.143 e. The average Bonchev–Trinajstić information content (AvgIpc) is 1.63. The van der Waals surface area contributed by atoms with Crippen molar-refractivity contribution < 1.29 is 9.59 Å². The molecule has 0 spiro atoms. The van der Waals surface area contributed by atoms with Crippen molar-refractivity contribution in [3.8, 4) is 0 Å². The van der Waals surface area contributed by atoms with Crippen molar-refractivity contribution in [2.75, 3.05) is 13.1 Å². The summed E-state index contributed by atoms with van der Waals surface area (Å²) in [4.78, 5) is 20.5. The monoisotopic (exact) mass is 129 g/mol. The van der Waals surface area contributed by atoms with Gasteiger partial charge in [-0.25, -0.2) is 0 Å². The highest BCUT2D eigenvalue weighted by molar-refractivity contribution is 5.80. The van der Waals surface area contributed by atoms with Crippen molar-refractivity contribution in [3.63, 3.8) is 0 Å². The van der Waals surface area contributed by atoms with Gasteiger partial charge in [-0.05, 0) is 13.8 Å². The van der Waals surface area contributed by atoms with E-state index in [1.807, 2.05) is 0 Å². The number of carbonyl (C=O) groups excluding carboxylic acids is 2. The molecule has 0 rings (SSSR count). The lowest BCUT2D eigenvalue weighted by molar-refractivity contribution is -0.117. The second kappa shape index (κ2) is 4.21. The Morgan fingerprint density at radius 1 is 1.11 bits per heavy atom. The number of ketones is 2. The Balaban J connectivity index is 3.10. The molecule has 9 heavy (non-hydrogen) atoms. The second-order valence-corrected chi connectivity index (χ2v) is 2.01. The van der Waals surface area contributed by atoms with Crippen LogP contribution >= 0.6 is 0 Å². The molecule has 0 saturated carbocycles. The molecule has 0 heterocycles. The fourth-order valence-electron chi connectivity index (χ4n) is 0.415. The normalized spacial score (nSPS) is 9.11. The van der Waals surface area contributed by atoms with Gasteiger partial charge in [-0.2, -0.15) is 0 Å². The van der Waals surface area contributed by atoms with Gasteiger partial charge in [-0.1, -0.05) is 0 Å². The summed E-state index contributed by atoms with van der Waals surface area (Å²) in [6, 6.07) is 0. The topological polar surface area (TPSA) is 46.2 Å². The zero-order chi connectivity index (χ0) is 7.28. The van der Waals surface area contributed by atoms with Crippen molar-refractivity contribution in [1.82, 2.24) is 5.32 Å². The van der Waals surface area contributed by atoms with Gasteiger partial charge in [0.2, 0.25) is 0 Å². The lowest BCUT2D eigenvalue weighted by Crippen LogP contribution is -2.25. The molecule has 0 saturated heterocycles. The first-order valence-corrected chi connectivity index (χ1v) is 2.82. The first-order valence-electron chi connectivity index (χ1n) is 2.82. The third kappa shape index (κ3) is 7.30. The lowest BCUT2D eigenvalue weighted by atomic mass is 10.4. The molecule has 3 heteroatoms. The Bertz CT molecular complexity index is 106. The van der Waals surface area contributed by atoms with Crippen LogP contribution in [0.15, 0.2) is 0 Å². The van der Waals surface area contributed by atoms with E-state index < -0.39 is 0 Å². The molecule has 0 fully saturated rings. The van der Waals surface area contributed by atoms with Crippen LogP contribution in [0.3, 0.4) is 0 Å². The average molecular weight is 129 g/mol. The molecule has 0 aromatic heterocycles. The van der Waals surface area contributed by atoms with Gasteiger partial charge in [-0.3, -0.25) is 9.59 Å². The summed E-state index contributed by atoms with van der Waals surface area (Å²) < 4.78 is 0. The number of nitrogens with one attached hydrogen (secondary N) is 1. The van der Waals surface area contributed by atoms with Gasteiger partial charge in [0.25, 0.3) is 0 Å². The Hall–Kier alpha value is -0.700. The molecule has 0 aromatic carbocycles. The Morgan fingerprint density at radius 3 is 1.67 bits per heavy atom. The minimum absolute atomic E-state index is 0.0521. The van der Waals surface area contributed by atoms with Crippen LogP contribution in [0.1, 0.15) is 13.8 Å². The quantitative estimate of drug-likeness (QED) is 0.569. The van der Waals surface area contributed by atoms with E-state index in [2.05, 4.69) is 5.32 Å². The minimum Gasteiger partial charge on any atom is -0.303 e. The van der Waals surface area contributed by atoms with E-state index in [0.717, 1.165) is 0 Å². The van der Waals surface area contributed by atoms with Crippen molar-refractivity contribution in [1.29, 1.82) is 0 Å². The molecule has 52 valence electrons. The van der Waals surface area contributed by atoms with Gasteiger partial charge >= 0.3 is 0 Å². The molecule has 0 amide bonds. The second-order valence-electron chi connectivity index (χ2n) is 2.01. The molecule has 1 N–H and O–H groups in total. The highest BCUT2D eigenvalue weighted by Gasteiger charge is 1.93. The third-order valence-corrected chi connectivity index (χ3v) is 0.748. The van der Waals surface area contributed by atoms with Crippen molar-refractivity contribution in [3.05, 3.63) is 0 Å². The van der Waals surface area contributed by atoms with E-state index in [4.69, 9.17) is 0 Å². The van der Waals surface area contributed by atoms with Crippen LogP contribution in [0.4, 0.5) is 0 Å². The van der Waals surface area contributed by atoms with Crippen LogP contribution in [-0.2, 0) is 9.59 Å². The summed E-state index contributed by atoms with van der Waals surface area (Å²) >= 11 is 0. The molecule has 0 aromatic rings. The van der Waals surface area contributed by atoms with E-state index in [1.54, 1.807) is 0 Å². The first-order chi connectivity index (χ1) is 4.13. The predicted octanol–water partition coefficient (Wildman–Crippen LogP) is -0.246. The zero-order valence-corrected chi connectivity index (χ0v) is 5.73. The van der Waals surface area contributed by atoms with Gasteiger partial charge in [-0.15, -0.1) is 0 Å². The molecule has 0 aliphatic heterocycles. The van der Waals surface area contributed by atoms with E-state index >= 15 is 0 Å². The van der Waals surface area contributed by atoms with E-state index in [1.165, 1.54) is 13.8 Å². The largest absolute Gasteiger partial charge is 0.303 e. The maximum atomic E-state index is 10.3. The molecule has 0 aliphatic rings. The Labute approximate surface area is 54.4 Å². The van der Waals surface area contributed by atoms with Crippen LogP contribution in [0.2, 0.25) is 0 Å². The summed E-state index contributed by atoms with van der Waals surface area (Å²) in [5.41, 5.74) is 0. The van der Waals surface area contributed by atoms with E-state index in [0.29, 0.717) is 13.1 Å². The SMILES string of the molecule is CC(=O)CNCC(C)=O. The molecule has 0 atom stereocenters. The van der Waals surface area contributed by atoms with Crippen molar-refractivity contribution in [2.45, 2.75) is 13.8 Å². The number of hydrogen-bond donors (Lipinski definition) is 1. The molecule has 3 nitrogen and oxygen atoms in total. The summed E-state index contributed by atoms with van der Waals surface area (Å²) in [7, 11) is 0. The van der Waals surface area contributed by atoms with Gasteiger partial charge < -0.3 is 5.32 Å². The molecular formula is C6H11NO2. The fraction of sp³-hybridized carbons (Fsp3) is 0.667. The van der Waals surface area contributed by atoms with Crippen LogP contribution in [0.5, 0.6) is 0 Å². The minimum atomic E-state index is 0.0521. The Kier molecular flexibility index (Phi) is 3.88. The number of Topliss-reactive ketones (excluding diaryl/α,β-unsaturated/α-hetero) is 2. The molecule has 0 unspecified atom stereocenters. The van der Waals surface area contributed by atoms with Crippen LogP contribution in [0, 0.1) is 0 Å². The maximum absolute atomic E-state index is 10.3. The van der Waals surface area contributed by atoms with E-state index in [9.17, 15) is 9.59 Å². The van der Waals surface area contributed by atoms with Crippen LogP contribution in [0.25, 0.3) is 0 Å². The molecular weight excluding hydrogens is 118 g/mol. The van der Waals surface area contributed by atoms with Crippen LogP contribution in [-0.4, -0.2) is 24.7 Å². The number of hydrogen-bond acceptors (Lipinski definition) is 3. The highest BCUT2D eigenvalue weighted by Crippen LogP contribution is 1.66. The summed E-state index contributed by atoms with van der Waals surface area (Å²) in [6.45, 7) is 3.54. The predicted molar refractivity (Wildman–Crippen MR) is 34.2 cm³/mol. The number of carbonyl (C=O) groups is 2. The number of rotatable bonds is 4. The highest BCUT2D eigenvalue weighted by atomic mass is 16.1. The zero-order valence-electron chi connectivity index (χ0n) is 5.73. The van der Waals surface area contributed by atoms with Gasteiger partial charge in [0.15, 0.2) is 0 Å².